The lowest BCUT2D eigenvalue weighted by molar-refractivity contribution is 0.0925. The smallest absolute Gasteiger partial charge is 0.287 e. The van der Waals surface area contributed by atoms with Crippen LogP contribution < -0.4 is 20.7 Å². The van der Waals surface area contributed by atoms with Gasteiger partial charge in [-0.2, -0.15) is 0 Å². The molecular weight excluding hydrogens is 523 g/mol. The number of aliphatic imine (C=N–C) groups is 1. The predicted octanol–water partition coefficient (Wildman–Crippen LogP) is 3.17. The summed E-state index contributed by atoms with van der Waals surface area (Å²) in [5, 5.41) is 9.45. The van der Waals surface area contributed by atoms with Gasteiger partial charge in [0.05, 0.1) is 19.5 Å². The van der Waals surface area contributed by atoms with Crippen LogP contribution in [0.25, 0.3) is 0 Å². The summed E-state index contributed by atoms with van der Waals surface area (Å²) in [6, 6.07) is 7.99. The summed E-state index contributed by atoms with van der Waals surface area (Å²) in [7, 11) is 1.74. The summed E-state index contributed by atoms with van der Waals surface area (Å²) in [4.78, 5) is 16.3. The summed E-state index contributed by atoms with van der Waals surface area (Å²) in [6.07, 6.45) is 3.30. The Morgan fingerprint density at radius 2 is 2.00 bits per heavy atom. The van der Waals surface area contributed by atoms with Crippen molar-refractivity contribution in [2.24, 2.45) is 4.99 Å². The second-order valence-corrected chi connectivity index (χ2v) is 7.61. The van der Waals surface area contributed by atoms with Crippen molar-refractivity contribution in [1.82, 2.24) is 16.0 Å². The highest BCUT2D eigenvalue weighted by Gasteiger charge is 2.19. The molecule has 1 unspecified atom stereocenters. The Bertz CT molecular complexity index is 894. The van der Waals surface area contributed by atoms with Gasteiger partial charge in [0.2, 0.25) is 0 Å². The number of carbonyl (C=O) groups excluding carboxylic acids is 1. The Labute approximate surface area is 206 Å². The molecule has 9 heteroatoms. The third kappa shape index (κ3) is 7.70. The normalized spacial score (nSPS) is 15.7. The number of guanidine groups is 1. The van der Waals surface area contributed by atoms with Crippen LogP contribution in [0.4, 0.5) is 0 Å². The molecule has 1 aromatic carbocycles. The molecule has 0 aliphatic carbocycles. The molecule has 1 atom stereocenters. The Hall–Kier alpha value is -2.27. The first-order valence-electron chi connectivity index (χ1n) is 10.7. The van der Waals surface area contributed by atoms with Gasteiger partial charge in [-0.3, -0.25) is 9.79 Å². The average Bonchev–Trinajstić information content (AvgIpc) is 3.42. The van der Waals surface area contributed by atoms with E-state index in [-0.39, 0.29) is 36.0 Å². The lowest BCUT2D eigenvalue weighted by Crippen LogP contribution is -2.38. The molecule has 0 spiro atoms. The van der Waals surface area contributed by atoms with E-state index in [1.807, 2.05) is 6.92 Å². The highest BCUT2D eigenvalue weighted by Crippen LogP contribution is 2.23. The summed E-state index contributed by atoms with van der Waals surface area (Å²) in [6.45, 7) is 7.11. The molecule has 0 saturated carbocycles. The van der Waals surface area contributed by atoms with Crippen molar-refractivity contribution < 1.29 is 18.7 Å². The van der Waals surface area contributed by atoms with Gasteiger partial charge in [0, 0.05) is 44.2 Å². The van der Waals surface area contributed by atoms with Crippen LogP contribution in [-0.4, -0.2) is 51.3 Å². The first-order chi connectivity index (χ1) is 15.1. The van der Waals surface area contributed by atoms with E-state index in [9.17, 15) is 4.79 Å². The highest BCUT2D eigenvalue weighted by molar-refractivity contribution is 14.0. The van der Waals surface area contributed by atoms with Crippen LogP contribution >= 0.6 is 24.0 Å². The zero-order chi connectivity index (χ0) is 22.1. The first-order valence-corrected chi connectivity index (χ1v) is 10.7. The Kier molecular flexibility index (Phi) is 10.8. The number of benzene rings is 1. The van der Waals surface area contributed by atoms with Crippen molar-refractivity contribution in [2.75, 3.05) is 33.4 Å². The zero-order valence-corrected chi connectivity index (χ0v) is 21.2. The molecule has 32 heavy (non-hydrogen) atoms. The van der Waals surface area contributed by atoms with Gasteiger partial charge < -0.3 is 29.8 Å². The first kappa shape index (κ1) is 26.0. The summed E-state index contributed by atoms with van der Waals surface area (Å²) < 4.78 is 16.8. The average molecular weight is 556 g/mol. The van der Waals surface area contributed by atoms with Gasteiger partial charge in [-0.1, -0.05) is 12.1 Å². The quantitative estimate of drug-likeness (QED) is 0.190. The van der Waals surface area contributed by atoms with Crippen molar-refractivity contribution in [2.45, 2.75) is 39.3 Å². The number of hydrogen-bond donors (Lipinski definition) is 3. The number of nitrogens with zero attached hydrogens (tertiary/aromatic N) is 1. The number of ether oxygens (including phenoxy) is 2. The molecule has 1 aliphatic rings. The topological polar surface area (TPSA) is 97.1 Å². The fourth-order valence-electron chi connectivity index (χ4n) is 3.29. The number of hydrogen-bond acceptors (Lipinski definition) is 5. The van der Waals surface area contributed by atoms with Crippen molar-refractivity contribution >= 4 is 35.8 Å². The maximum Gasteiger partial charge on any atom is 0.287 e. The molecule has 0 radical (unpaired) electrons. The SMILES string of the molecule is CN=C(NCCCNC(=O)c1occc1C)NCc1ccc(C)cc1OC1CCOC1.I. The van der Waals surface area contributed by atoms with Gasteiger partial charge in [-0.25, -0.2) is 0 Å². The highest BCUT2D eigenvalue weighted by atomic mass is 127. The monoisotopic (exact) mass is 556 g/mol. The Morgan fingerprint density at radius 3 is 2.69 bits per heavy atom. The number of furan rings is 1. The predicted molar refractivity (Wildman–Crippen MR) is 135 cm³/mol. The molecule has 0 bridgehead atoms. The van der Waals surface area contributed by atoms with Crippen LogP contribution in [0.2, 0.25) is 0 Å². The zero-order valence-electron chi connectivity index (χ0n) is 18.9. The van der Waals surface area contributed by atoms with Crippen molar-refractivity contribution in [3.8, 4) is 5.75 Å². The molecule has 1 aliphatic heterocycles. The van der Waals surface area contributed by atoms with E-state index < -0.39 is 0 Å². The number of rotatable bonds is 9. The fourth-order valence-corrected chi connectivity index (χ4v) is 3.29. The Morgan fingerprint density at radius 1 is 1.19 bits per heavy atom. The van der Waals surface area contributed by atoms with Crippen molar-refractivity contribution in [1.29, 1.82) is 0 Å². The standard InChI is InChI=1S/C23H32N4O4.HI/c1-16-5-6-18(20(13-16)31-19-8-11-29-15-19)14-27-23(24-3)26-10-4-9-25-22(28)21-17(2)7-12-30-21;/h5-7,12-13,19H,4,8-11,14-15H2,1-3H3,(H,25,28)(H2,24,26,27);1H. The molecule has 3 rings (SSSR count). The number of amides is 1. The van der Waals surface area contributed by atoms with E-state index in [2.05, 4.69) is 46.1 Å². The van der Waals surface area contributed by atoms with E-state index in [1.165, 1.54) is 6.26 Å². The summed E-state index contributed by atoms with van der Waals surface area (Å²) in [5.74, 6) is 1.76. The lowest BCUT2D eigenvalue weighted by Gasteiger charge is -2.18. The minimum absolute atomic E-state index is 0. The van der Waals surface area contributed by atoms with Crippen LogP contribution in [-0.2, 0) is 11.3 Å². The van der Waals surface area contributed by atoms with Gasteiger partial charge in [-0.15, -0.1) is 24.0 Å². The molecule has 2 heterocycles. The molecule has 1 saturated heterocycles. The van der Waals surface area contributed by atoms with E-state index in [1.54, 1.807) is 13.1 Å². The minimum Gasteiger partial charge on any atom is -0.488 e. The van der Waals surface area contributed by atoms with Gasteiger partial charge in [-0.05, 0) is 38.0 Å². The maximum atomic E-state index is 12.0. The van der Waals surface area contributed by atoms with Crippen LogP contribution in [0.5, 0.6) is 5.75 Å². The van der Waals surface area contributed by atoms with Crippen molar-refractivity contribution in [3.63, 3.8) is 0 Å². The van der Waals surface area contributed by atoms with Gasteiger partial charge in [0.25, 0.3) is 5.91 Å². The maximum absolute atomic E-state index is 12.0. The molecule has 1 aromatic heterocycles. The molecule has 3 N–H and O–H groups in total. The fraction of sp³-hybridized carbons (Fsp3) is 0.478. The number of aryl methyl sites for hydroxylation is 2. The second-order valence-electron chi connectivity index (χ2n) is 7.61. The molecule has 8 nitrogen and oxygen atoms in total. The minimum atomic E-state index is -0.190. The van der Waals surface area contributed by atoms with Crippen molar-refractivity contribution in [3.05, 3.63) is 53.0 Å². The number of carbonyl (C=O) groups is 1. The van der Waals surface area contributed by atoms with Gasteiger partial charge in [0.15, 0.2) is 11.7 Å². The van der Waals surface area contributed by atoms with E-state index in [0.29, 0.717) is 38.0 Å². The third-order valence-electron chi connectivity index (χ3n) is 5.07. The molecular formula is C23H33IN4O4. The molecule has 2 aromatic rings. The van der Waals surface area contributed by atoms with Crippen LogP contribution in [0, 0.1) is 13.8 Å². The van der Waals surface area contributed by atoms with Crippen LogP contribution in [0.1, 0.15) is 40.1 Å². The molecule has 176 valence electrons. The van der Waals surface area contributed by atoms with E-state index >= 15 is 0 Å². The number of nitrogens with one attached hydrogen (secondary N) is 3. The largest absolute Gasteiger partial charge is 0.488 e. The molecule has 1 fully saturated rings. The van der Waals surface area contributed by atoms with Gasteiger partial charge in [0.1, 0.15) is 11.9 Å². The van der Waals surface area contributed by atoms with E-state index in [0.717, 1.165) is 41.9 Å². The van der Waals surface area contributed by atoms with Crippen LogP contribution in [0.15, 0.2) is 39.9 Å². The van der Waals surface area contributed by atoms with E-state index in [4.69, 9.17) is 13.9 Å². The van der Waals surface area contributed by atoms with Gasteiger partial charge >= 0.3 is 0 Å². The Balaban J connectivity index is 0.00000363. The summed E-state index contributed by atoms with van der Waals surface area (Å²) >= 11 is 0. The van der Waals surface area contributed by atoms with Crippen LogP contribution in [0.3, 0.4) is 0 Å². The third-order valence-corrected chi connectivity index (χ3v) is 5.07. The lowest BCUT2D eigenvalue weighted by atomic mass is 10.1. The summed E-state index contributed by atoms with van der Waals surface area (Å²) in [5.41, 5.74) is 3.06. The second kappa shape index (κ2) is 13.3. The number of halogens is 1. The molecule has 1 amide bonds.